The van der Waals surface area contributed by atoms with Crippen molar-refractivity contribution in [2.24, 2.45) is 5.41 Å². The second-order valence-corrected chi connectivity index (χ2v) is 6.40. The Kier molecular flexibility index (Phi) is 6.03. The van der Waals surface area contributed by atoms with Gasteiger partial charge in [-0.3, -0.25) is 4.79 Å². The molecule has 0 saturated carbocycles. The number of amides is 1. The minimum absolute atomic E-state index is 0.127. The third kappa shape index (κ3) is 4.91. The molecule has 0 saturated heterocycles. The summed E-state index contributed by atoms with van der Waals surface area (Å²) in [6.07, 6.45) is 0.850. The van der Waals surface area contributed by atoms with Crippen LogP contribution in [0, 0.1) is 5.41 Å². The highest BCUT2D eigenvalue weighted by molar-refractivity contribution is 7.99. The molecular formula is C14H20ClNOS. The van der Waals surface area contributed by atoms with Crippen LogP contribution >= 0.6 is 23.4 Å². The summed E-state index contributed by atoms with van der Waals surface area (Å²) in [6, 6.07) is 7.74. The molecule has 0 aliphatic carbocycles. The topological polar surface area (TPSA) is 29.1 Å². The summed E-state index contributed by atoms with van der Waals surface area (Å²) in [4.78, 5) is 13.0. The quantitative estimate of drug-likeness (QED) is 0.633. The van der Waals surface area contributed by atoms with Crippen LogP contribution < -0.4 is 5.32 Å². The summed E-state index contributed by atoms with van der Waals surface area (Å²) in [5.74, 6) is 0.995. The number of carbonyl (C=O) groups is 1. The maximum Gasteiger partial charge on any atom is 0.225 e. The number of halogens is 1. The van der Waals surface area contributed by atoms with Crippen molar-refractivity contribution in [1.82, 2.24) is 5.32 Å². The molecule has 0 aromatic heterocycles. The van der Waals surface area contributed by atoms with E-state index in [9.17, 15) is 4.79 Å². The molecule has 2 nitrogen and oxygen atoms in total. The summed E-state index contributed by atoms with van der Waals surface area (Å²) in [7, 11) is 0. The Balaban J connectivity index is 2.27. The van der Waals surface area contributed by atoms with Gasteiger partial charge in [-0.1, -0.05) is 32.4 Å². The van der Waals surface area contributed by atoms with E-state index < -0.39 is 0 Å². The van der Waals surface area contributed by atoms with Crippen molar-refractivity contribution in [3.8, 4) is 0 Å². The van der Waals surface area contributed by atoms with Gasteiger partial charge < -0.3 is 5.32 Å². The normalized spacial score (nSPS) is 11.3. The highest BCUT2D eigenvalue weighted by Gasteiger charge is 2.24. The molecule has 0 unspecified atom stereocenters. The number of carbonyl (C=O) groups excluding carboxylic acids is 1. The SMILES string of the molecule is CCC(C)(C)C(=O)NCCSc1ccc(Cl)cc1. The van der Waals surface area contributed by atoms with E-state index >= 15 is 0 Å². The minimum atomic E-state index is -0.273. The van der Waals surface area contributed by atoms with Gasteiger partial charge >= 0.3 is 0 Å². The fourth-order valence-corrected chi connectivity index (χ4v) is 2.16. The fourth-order valence-electron chi connectivity index (χ4n) is 1.26. The Morgan fingerprint density at radius 2 is 1.94 bits per heavy atom. The lowest BCUT2D eigenvalue weighted by atomic mass is 9.89. The smallest absolute Gasteiger partial charge is 0.225 e. The van der Waals surface area contributed by atoms with E-state index in [1.54, 1.807) is 11.8 Å². The van der Waals surface area contributed by atoms with Gasteiger partial charge in [0, 0.05) is 27.6 Å². The van der Waals surface area contributed by atoms with Crippen LogP contribution in [0.4, 0.5) is 0 Å². The lowest BCUT2D eigenvalue weighted by Gasteiger charge is -2.21. The van der Waals surface area contributed by atoms with Crippen molar-refractivity contribution >= 4 is 29.3 Å². The summed E-state index contributed by atoms with van der Waals surface area (Å²) in [5.41, 5.74) is -0.273. The molecule has 0 spiro atoms. The van der Waals surface area contributed by atoms with Gasteiger partial charge in [0.1, 0.15) is 0 Å². The molecule has 0 aliphatic rings. The Morgan fingerprint density at radius 1 is 1.33 bits per heavy atom. The van der Waals surface area contributed by atoms with E-state index in [4.69, 9.17) is 11.6 Å². The van der Waals surface area contributed by atoms with E-state index in [-0.39, 0.29) is 11.3 Å². The minimum Gasteiger partial charge on any atom is -0.355 e. The number of nitrogens with one attached hydrogen (secondary N) is 1. The largest absolute Gasteiger partial charge is 0.355 e. The van der Waals surface area contributed by atoms with Crippen LogP contribution in [0.3, 0.4) is 0 Å². The van der Waals surface area contributed by atoms with E-state index in [1.165, 1.54) is 4.90 Å². The molecule has 1 N–H and O–H groups in total. The number of benzene rings is 1. The van der Waals surface area contributed by atoms with Crippen molar-refractivity contribution < 1.29 is 4.79 Å². The Hall–Kier alpha value is -0.670. The molecule has 0 heterocycles. The highest BCUT2D eigenvalue weighted by Crippen LogP contribution is 2.21. The highest BCUT2D eigenvalue weighted by atomic mass is 35.5. The molecule has 0 fully saturated rings. The average Bonchev–Trinajstić information content (AvgIpc) is 2.36. The molecule has 1 aromatic carbocycles. The standard InChI is InChI=1S/C14H20ClNOS/c1-4-14(2,3)13(17)16-9-10-18-12-7-5-11(15)6-8-12/h5-8H,4,9-10H2,1-3H3,(H,16,17). The second kappa shape index (κ2) is 7.05. The molecule has 1 rings (SSSR count). The van der Waals surface area contributed by atoms with Gasteiger partial charge in [0.05, 0.1) is 0 Å². The van der Waals surface area contributed by atoms with Crippen LogP contribution in [0.15, 0.2) is 29.2 Å². The zero-order valence-electron chi connectivity index (χ0n) is 11.1. The summed E-state index contributed by atoms with van der Waals surface area (Å²) in [6.45, 7) is 6.65. The zero-order chi connectivity index (χ0) is 13.6. The van der Waals surface area contributed by atoms with Crippen LogP contribution in [-0.2, 0) is 4.79 Å². The first-order valence-electron chi connectivity index (χ1n) is 6.12. The molecule has 1 amide bonds. The summed E-state index contributed by atoms with van der Waals surface area (Å²) in [5, 5.41) is 3.72. The van der Waals surface area contributed by atoms with Crippen molar-refractivity contribution in [2.75, 3.05) is 12.3 Å². The maximum atomic E-state index is 11.8. The average molecular weight is 286 g/mol. The van der Waals surface area contributed by atoms with Crippen LogP contribution in [0.2, 0.25) is 5.02 Å². The van der Waals surface area contributed by atoms with Crippen LogP contribution in [0.25, 0.3) is 0 Å². The van der Waals surface area contributed by atoms with Crippen LogP contribution in [-0.4, -0.2) is 18.2 Å². The van der Waals surface area contributed by atoms with Crippen molar-refractivity contribution in [2.45, 2.75) is 32.1 Å². The van der Waals surface area contributed by atoms with Gasteiger partial charge in [0.2, 0.25) is 5.91 Å². The zero-order valence-corrected chi connectivity index (χ0v) is 12.7. The molecule has 0 bridgehead atoms. The van der Waals surface area contributed by atoms with Gasteiger partial charge in [-0.15, -0.1) is 11.8 Å². The van der Waals surface area contributed by atoms with Crippen molar-refractivity contribution in [3.05, 3.63) is 29.3 Å². The van der Waals surface area contributed by atoms with Crippen LogP contribution in [0.1, 0.15) is 27.2 Å². The molecule has 100 valence electrons. The molecular weight excluding hydrogens is 266 g/mol. The van der Waals surface area contributed by atoms with E-state index in [0.29, 0.717) is 6.54 Å². The van der Waals surface area contributed by atoms with E-state index in [2.05, 4.69) is 5.32 Å². The fraction of sp³-hybridized carbons (Fsp3) is 0.500. The summed E-state index contributed by atoms with van der Waals surface area (Å²) >= 11 is 7.53. The predicted octanol–water partition coefficient (Wildman–Crippen LogP) is 3.98. The van der Waals surface area contributed by atoms with Crippen LogP contribution in [0.5, 0.6) is 0 Å². The molecule has 0 radical (unpaired) electrons. The first-order valence-corrected chi connectivity index (χ1v) is 7.49. The first-order chi connectivity index (χ1) is 8.45. The molecule has 0 atom stereocenters. The third-order valence-corrected chi connectivity index (χ3v) is 4.23. The number of hydrogen-bond acceptors (Lipinski definition) is 2. The van der Waals surface area contributed by atoms with E-state index in [1.807, 2.05) is 45.0 Å². The predicted molar refractivity (Wildman–Crippen MR) is 79.3 cm³/mol. The Bertz CT molecular complexity index is 389. The Labute approximate surface area is 118 Å². The molecule has 18 heavy (non-hydrogen) atoms. The van der Waals surface area contributed by atoms with Crippen molar-refractivity contribution in [1.29, 1.82) is 0 Å². The first kappa shape index (κ1) is 15.4. The molecule has 4 heteroatoms. The summed E-state index contributed by atoms with van der Waals surface area (Å²) < 4.78 is 0. The van der Waals surface area contributed by atoms with Gasteiger partial charge in [-0.2, -0.15) is 0 Å². The van der Waals surface area contributed by atoms with Crippen molar-refractivity contribution in [3.63, 3.8) is 0 Å². The monoisotopic (exact) mass is 285 g/mol. The van der Waals surface area contributed by atoms with Gasteiger partial charge in [-0.05, 0) is 30.7 Å². The Morgan fingerprint density at radius 3 is 2.50 bits per heavy atom. The van der Waals surface area contributed by atoms with Gasteiger partial charge in [0.25, 0.3) is 0 Å². The number of rotatable bonds is 6. The van der Waals surface area contributed by atoms with Gasteiger partial charge in [-0.25, -0.2) is 0 Å². The second-order valence-electron chi connectivity index (χ2n) is 4.80. The number of hydrogen-bond donors (Lipinski definition) is 1. The molecule has 1 aromatic rings. The maximum absolute atomic E-state index is 11.8. The lowest BCUT2D eigenvalue weighted by molar-refractivity contribution is -0.129. The third-order valence-electron chi connectivity index (χ3n) is 2.97. The molecule has 0 aliphatic heterocycles. The van der Waals surface area contributed by atoms with E-state index in [0.717, 1.165) is 17.2 Å². The number of thioether (sulfide) groups is 1. The van der Waals surface area contributed by atoms with Gasteiger partial charge in [0.15, 0.2) is 0 Å². The lowest BCUT2D eigenvalue weighted by Crippen LogP contribution is -2.37.